The first-order chi connectivity index (χ1) is 41.8. The monoisotopic (exact) mass is 1420 g/mol. The summed E-state index contributed by atoms with van der Waals surface area (Å²) in [5.74, 6) is -7.22. The van der Waals surface area contributed by atoms with Gasteiger partial charge in [0.25, 0.3) is 0 Å². The molecular weight excluding hydrogens is 1360 g/mol. The van der Waals surface area contributed by atoms with Gasteiger partial charge in [0.1, 0.15) is 42.3 Å². The number of rotatable bonds is 19. The Bertz CT molecular complexity index is 3820. The summed E-state index contributed by atoms with van der Waals surface area (Å²) in [5, 5.41) is 8.66. The quantitative estimate of drug-likeness (QED) is 0.0165. The molecule has 0 saturated carbocycles. The van der Waals surface area contributed by atoms with Crippen LogP contribution < -0.4 is 20.9 Å². The second-order valence-corrected chi connectivity index (χ2v) is 26.1. The van der Waals surface area contributed by atoms with E-state index in [1.807, 2.05) is 59.3 Å². The summed E-state index contributed by atoms with van der Waals surface area (Å²) in [4.78, 5) is 44.9. The van der Waals surface area contributed by atoms with Crippen molar-refractivity contribution in [3.63, 3.8) is 0 Å². The number of nitrogens with two attached hydrogens (primary N) is 2. The molecule has 0 fully saturated rings. The van der Waals surface area contributed by atoms with Gasteiger partial charge in [-0.1, -0.05) is 158 Å². The van der Waals surface area contributed by atoms with Crippen LogP contribution in [0.3, 0.4) is 0 Å². The highest BCUT2D eigenvalue weighted by Gasteiger charge is 2.25. The smallest absolute Gasteiger partial charge is 0.404 e. The van der Waals surface area contributed by atoms with E-state index in [4.69, 9.17) is 94.7 Å². The Hall–Kier alpha value is -7.07. The first-order valence-corrected chi connectivity index (χ1v) is 33.3. The number of aromatic carboxylic acids is 1. The van der Waals surface area contributed by atoms with Gasteiger partial charge in [-0.15, -0.1) is 0 Å². The molecule has 0 aliphatic rings. The molecule has 0 unspecified atom stereocenters. The Morgan fingerprint density at radius 3 is 1.17 bits per heavy atom. The molecule has 7 rings (SSSR count). The summed E-state index contributed by atoms with van der Waals surface area (Å²) in [5.41, 5.74) is 9.86. The summed E-state index contributed by atoms with van der Waals surface area (Å²) in [6.07, 6.45) is 1.32. The largest absolute Gasteiger partial charge is 0.478 e. The average Bonchev–Trinajstić information content (AvgIpc) is 3.09. The number of carboxylic acids is 1. The number of sulfonamides is 2. The van der Waals surface area contributed by atoms with Crippen LogP contribution in [0.1, 0.15) is 87.8 Å². The molecule has 0 spiro atoms. The van der Waals surface area contributed by atoms with Gasteiger partial charge in [0.05, 0.1) is 55.1 Å². The van der Waals surface area contributed by atoms with Crippen LogP contribution in [-0.4, -0.2) is 71.0 Å². The average molecular weight is 1420 g/mol. The van der Waals surface area contributed by atoms with Crippen molar-refractivity contribution in [2.75, 3.05) is 38.2 Å². The van der Waals surface area contributed by atoms with E-state index in [-0.39, 0.29) is 74.8 Å². The van der Waals surface area contributed by atoms with Gasteiger partial charge in [-0.25, -0.2) is 62.0 Å². The third-order valence-electron chi connectivity index (χ3n) is 10.4. The van der Waals surface area contributed by atoms with Gasteiger partial charge in [0, 0.05) is 27.3 Å². The molecule has 7 aromatic rings. The van der Waals surface area contributed by atoms with Crippen LogP contribution in [0.25, 0.3) is 0 Å². The standard InChI is InChI=1S/C17H17ClFNO4S.C14H11ClFNO2.C10H11ClFNO4S.C8H7ClO2.C6H5ClFN.C3H7ClO2S/c1-2-10-25(22,23)20-14-9-8-13(18)15(16(14)19)17(21)24-11-12-6-4-3-5-7-12;15-10-6-7-11(17)13(16)12(10)14(18)19-8-9-4-2-1-3-5-9;1-2-5-18(16,17)13-7-4-3-6(11)8(9(7)12)10(14)15;9-8(10)11-6-7-4-2-1-3-5-7;7-4-1-2-6(9)5(8)3-4;1-2-3-7(4,5)6/h3-9,20H,2,10-11H2,1H3;1-7H,8,17H2;3-4,13H,2,5H2,1H3,(H,14,15);1-5H,6H2;1-3H,9H2;2-3H2,1H3. The molecule has 7 aromatic carbocycles. The summed E-state index contributed by atoms with van der Waals surface area (Å²) in [7, 11) is -5.79. The number of ether oxygens (including phenoxy) is 3. The molecule has 0 heterocycles. The second kappa shape index (κ2) is 39.1. The van der Waals surface area contributed by atoms with Crippen molar-refractivity contribution in [3.8, 4) is 0 Å². The minimum atomic E-state index is -3.70. The van der Waals surface area contributed by atoms with E-state index >= 15 is 0 Å². The van der Waals surface area contributed by atoms with Crippen LogP contribution in [0.5, 0.6) is 0 Å². The number of hydrogen-bond acceptors (Lipinski definition) is 15. The second-order valence-electron chi connectivity index (χ2n) is 17.6. The van der Waals surface area contributed by atoms with Crippen molar-refractivity contribution in [1.82, 2.24) is 0 Å². The minimum Gasteiger partial charge on any atom is -0.478 e. The van der Waals surface area contributed by atoms with Gasteiger partial charge in [-0.05, 0) is 90.6 Å². The Kier molecular flexibility index (Phi) is 34.3. The Morgan fingerprint density at radius 1 is 0.483 bits per heavy atom. The van der Waals surface area contributed by atoms with Crippen LogP contribution in [0.15, 0.2) is 146 Å². The number of carbonyl (C=O) groups excluding carboxylic acids is 3. The van der Waals surface area contributed by atoms with Gasteiger partial charge in [0.2, 0.25) is 29.1 Å². The van der Waals surface area contributed by atoms with Crippen molar-refractivity contribution in [3.05, 3.63) is 222 Å². The molecule has 0 radical (unpaired) electrons. The lowest BCUT2D eigenvalue weighted by Crippen LogP contribution is -2.18. The molecule has 31 heteroatoms. The van der Waals surface area contributed by atoms with Crippen molar-refractivity contribution in [2.24, 2.45) is 0 Å². The van der Waals surface area contributed by atoms with E-state index in [9.17, 15) is 62.0 Å². The lowest BCUT2D eigenvalue weighted by molar-refractivity contribution is 0.0458. The van der Waals surface area contributed by atoms with Crippen LogP contribution in [0.2, 0.25) is 20.1 Å². The third kappa shape index (κ3) is 29.9. The SMILES string of the molecule is CCCS(=O)(=O)Cl.CCCS(=O)(=O)Nc1ccc(Cl)c(C(=O)O)c1F.CCCS(=O)(=O)Nc1ccc(Cl)c(C(=O)OCc2ccccc2)c1F.Nc1ccc(Cl)c(C(=O)OCc2ccccc2)c1F.Nc1ccc(Cl)cc1F.O=C(Cl)OCc1ccccc1. The van der Waals surface area contributed by atoms with Crippen LogP contribution >= 0.6 is 68.7 Å². The minimum absolute atomic E-state index is 0.0234. The molecule has 0 saturated heterocycles. The van der Waals surface area contributed by atoms with Crippen LogP contribution in [0.4, 0.5) is 45.1 Å². The first-order valence-electron chi connectivity index (χ1n) is 25.6. The molecule has 0 aliphatic heterocycles. The van der Waals surface area contributed by atoms with Gasteiger partial charge >= 0.3 is 23.3 Å². The third-order valence-corrected chi connectivity index (χ3v) is 16.0. The highest BCUT2D eigenvalue weighted by molar-refractivity contribution is 8.13. The topological polar surface area (TPSA) is 295 Å². The molecule has 7 N–H and O–H groups in total. The predicted molar refractivity (Wildman–Crippen MR) is 340 cm³/mol. The first kappa shape index (κ1) is 78.0. The zero-order valence-electron chi connectivity index (χ0n) is 47.1. The van der Waals surface area contributed by atoms with Crippen LogP contribution in [0, 0.1) is 23.3 Å². The number of carbonyl (C=O) groups is 4. The maximum atomic E-state index is 14.6. The molecule has 18 nitrogen and oxygen atoms in total. The molecule has 0 amide bonds. The number of halogens is 10. The van der Waals surface area contributed by atoms with E-state index in [0.717, 1.165) is 28.8 Å². The number of anilines is 4. The lowest BCUT2D eigenvalue weighted by Gasteiger charge is -2.12. The maximum Gasteiger partial charge on any atom is 0.404 e. The molecule has 0 atom stereocenters. The van der Waals surface area contributed by atoms with E-state index in [0.29, 0.717) is 24.3 Å². The van der Waals surface area contributed by atoms with Crippen molar-refractivity contribution >= 4 is 144 Å². The Balaban J connectivity index is 0.000000382. The van der Waals surface area contributed by atoms with E-state index in [1.54, 1.807) is 63.2 Å². The maximum absolute atomic E-state index is 14.6. The van der Waals surface area contributed by atoms with Crippen LogP contribution in [-0.2, 0) is 63.1 Å². The summed E-state index contributed by atoms with van der Waals surface area (Å²) in [6, 6.07) is 38.7. The molecule has 0 aliphatic carbocycles. The van der Waals surface area contributed by atoms with Gasteiger partial charge < -0.3 is 30.8 Å². The van der Waals surface area contributed by atoms with Gasteiger partial charge in [-0.2, -0.15) is 0 Å². The highest BCUT2D eigenvalue weighted by Crippen LogP contribution is 2.29. The van der Waals surface area contributed by atoms with Gasteiger partial charge in [-0.3, -0.25) is 9.44 Å². The highest BCUT2D eigenvalue weighted by atomic mass is 35.7. The molecular formula is C58H58Cl6F4N4O14S3. The van der Waals surface area contributed by atoms with Gasteiger partial charge in [0.15, 0.2) is 17.5 Å². The normalized spacial score (nSPS) is 10.6. The fourth-order valence-electron chi connectivity index (χ4n) is 6.43. The number of benzene rings is 7. The van der Waals surface area contributed by atoms with E-state index in [1.165, 1.54) is 36.4 Å². The number of nitrogens with one attached hydrogen (secondary N) is 2. The van der Waals surface area contributed by atoms with E-state index < -0.39 is 92.5 Å². The van der Waals surface area contributed by atoms with Crippen molar-refractivity contribution < 1.29 is 81.3 Å². The Morgan fingerprint density at radius 2 is 0.831 bits per heavy atom. The molecule has 0 aromatic heterocycles. The fourth-order valence-corrected chi connectivity index (χ4v) is 10.5. The number of carboxylic acid groups (broad SMARTS) is 1. The summed E-state index contributed by atoms with van der Waals surface area (Å²) < 4.78 is 140. The molecule has 482 valence electrons. The predicted octanol–water partition coefficient (Wildman–Crippen LogP) is 15.3. The zero-order valence-corrected chi connectivity index (χ0v) is 54.1. The molecule has 89 heavy (non-hydrogen) atoms. The number of esters is 2. The van der Waals surface area contributed by atoms with E-state index in [2.05, 4.69) is 9.46 Å². The molecule has 0 bridgehead atoms. The van der Waals surface area contributed by atoms with Crippen molar-refractivity contribution in [1.29, 1.82) is 0 Å². The summed E-state index contributed by atoms with van der Waals surface area (Å²) >= 11 is 27.6. The Labute approximate surface area is 541 Å². The number of hydrogen-bond donors (Lipinski definition) is 5. The summed E-state index contributed by atoms with van der Waals surface area (Å²) in [6.45, 7) is 5.33. The lowest BCUT2D eigenvalue weighted by atomic mass is 10.2. The fraction of sp³-hybridized carbons (Fsp3) is 0.207. The van der Waals surface area contributed by atoms with Crippen molar-refractivity contribution in [2.45, 2.75) is 59.9 Å². The number of nitrogen functional groups attached to an aromatic ring is 2. The zero-order chi connectivity index (χ0) is 67.1.